The third-order valence-corrected chi connectivity index (χ3v) is 4.74. The summed E-state index contributed by atoms with van der Waals surface area (Å²) in [6.45, 7) is 4.93. The van der Waals surface area contributed by atoms with Gasteiger partial charge >= 0.3 is 5.97 Å². The molecule has 2 unspecified atom stereocenters. The molecular formula is C12H24N2O5S. The van der Waals surface area contributed by atoms with Gasteiger partial charge in [0, 0.05) is 19.6 Å². The van der Waals surface area contributed by atoms with Gasteiger partial charge in [-0.05, 0) is 25.7 Å². The Morgan fingerprint density at radius 1 is 1.30 bits per heavy atom. The monoisotopic (exact) mass is 308 g/mol. The van der Waals surface area contributed by atoms with Crippen LogP contribution in [-0.4, -0.2) is 55.6 Å². The van der Waals surface area contributed by atoms with E-state index in [-0.39, 0.29) is 12.6 Å². The molecule has 0 spiro atoms. The molecule has 1 rings (SSSR count). The van der Waals surface area contributed by atoms with Crippen LogP contribution in [0.15, 0.2) is 0 Å². The van der Waals surface area contributed by atoms with Crippen LogP contribution in [0.3, 0.4) is 0 Å². The van der Waals surface area contributed by atoms with Crippen LogP contribution >= 0.6 is 0 Å². The van der Waals surface area contributed by atoms with Crippen LogP contribution in [0.2, 0.25) is 0 Å². The van der Waals surface area contributed by atoms with E-state index in [1.165, 1.54) is 4.31 Å². The third-order valence-electron chi connectivity index (χ3n) is 3.16. The average molecular weight is 308 g/mol. The Balaban J connectivity index is 2.48. The zero-order valence-electron chi connectivity index (χ0n) is 12.0. The van der Waals surface area contributed by atoms with Gasteiger partial charge in [-0.2, -0.15) is 17.4 Å². The number of hydrogen-bond acceptors (Lipinski definition) is 4. The Hall–Kier alpha value is -0.700. The quantitative estimate of drug-likeness (QED) is 0.649. The highest BCUT2D eigenvalue weighted by atomic mass is 32.2. The molecule has 7 nitrogen and oxygen atoms in total. The van der Waals surface area contributed by atoms with Gasteiger partial charge in [0.15, 0.2) is 6.10 Å². The molecule has 0 bridgehead atoms. The average Bonchev–Trinajstić information content (AvgIpc) is 2.85. The first-order valence-electron chi connectivity index (χ1n) is 7.03. The second kappa shape index (κ2) is 7.92. The molecule has 0 saturated carbocycles. The highest BCUT2D eigenvalue weighted by Gasteiger charge is 2.31. The van der Waals surface area contributed by atoms with Crippen LogP contribution in [0.25, 0.3) is 0 Å². The van der Waals surface area contributed by atoms with Crippen molar-refractivity contribution >= 4 is 16.2 Å². The van der Waals surface area contributed by atoms with Crippen LogP contribution in [0.4, 0.5) is 0 Å². The molecule has 1 heterocycles. The fraction of sp³-hybridized carbons (Fsp3) is 0.917. The molecule has 2 atom stereocenters. The molecule has 1 saturated heterocycles. The van der Waals surface area contributed by atoms with Crippen molar-refractivity contribution < 1.29 is 23.1 Å². The number of nitrogens with zero attached hydrogens (tertiary/aromatic N) is 1. The Morgan fingerprint density at radius 3 is 2.35 bits per heavy atom. The van der Waals surface area contributed by atoms with E-state index in [0.29, 0.717) is 25.9 Å². The molecule has 0 amide bonds. The molecule has 2 N–H and O–H groups in total. The molecule has 0 radical (unpaired) electrons. The standard InChI is InChI=1S/C12H24N2O5S/c1-3-7-14(8-4-2)20(17,18)13-9-10-5-6-11(19-10)12(15)16/h10-11,13H,3-9H2,1-2H3,(H,15,16). The summed E-state index contributed by atoms with van der Waals surface area (Å²) < 4.78 is 33.4. The molecule has 1 aliphatic heterocycles. The van der Waals surface area contributed by atoms with Crippen LogP contribution in [0.5, 0.6) is 0 Å². The zero-order chi connectivity index (χ0) is 15.2. The fourth-order valence-electron chi connectivity index (χ4n) is 2.18. The molecule has 1 aliphatic rings. The summed E-state index contributed by atoms with van der Waals surface area (Å²) >= 11 is 0. The van der Waals surface area contributed by atoms with Crippen molar-refractivity contribution in [1.29, 1.82) is 0 Å². The van der Waals surface area contributed by atoms with Crippen molar-refractivity contribution in [3.63, 3.8) is 0 Å². The van der Waals surface area contributed by atoms with Gasteiger partial charge in [-0.25, -0.2) is 4.79 Å². The van der Waals surface area contributed by atoms with Gasteiger partial charge in [-0.3, -0.25) is 0 Å². The third kappa shape index (κ3) is 5.01. The number of rotatable bonds is 9. The zero-order valence-corrected chi connectivity index (χ0v) is 12.9. The summed E-state index contributed by atoms with van der Waals surface area (Å²) in [6.07, 6.45) is 1.31. The molecule has 0 aromatic carbocycles. The van der Waals surface area contributed by atoms with Crippen molar-refractivity contribution in [2.75, 3.05) is 19.6 Å². The van der Waals surface area contributed by atoms with Crippen LogP contribution < -0.4 is 4.72 Å². The smallest absolute Gasteiger partial charge is 0.332 e. The lowest BCUT2D eigenvalue weighted by Crippen LogP contribution is -2.44. The summed E-state index contributed by atoms with van der Waals surface area (Å²) in [7, 11) is -3.52. The molecule has 0 aromatic rings. The highest BCUT2D eigenvalue weighted by molar-refractivity contribution is 7.87. The number of carboxylic acids is 1. The topological polar surface area (TPSA) is 95.9 Å². The van der Waals surface area contributed by atoms with E-state index in [9.17, 15) is 13.2 Å². The van der Waals surface area contributed by atoms with Crippen molar-refractivity contribution in [2.45, 2.75) is 51.7 Å². The minimum absolute atomic E-state index is 0.121. The second-order valence-corrected chi connectivity index (χ2v) is 6.67. The summed E-state index contributed by atoms with van der Waals surface area (Å²) in [4.78, 5) is 10.8. The largest absolute Gasteiger partial charge is 0.479 e. The predicted octanol–water partition coefficient (Wildman–Crippen LogP) is 0.575. The van der Waals surface area contributed by atoms with E-state index in [1.807, 2.05) is 13.8 Å². The molecule has 8 heteroatoms. The normalized spacial score (nSPS) is 23.4. The molecular weight excluding hydrogens is 284 g/mol. The number of nitrogens with one attached hydrogen (secondary N) is 1. The lowest BCUT2D eigenvalue weighted by molar-refractivity contribution is -0.149. The first kappa shape index (κ1) is 17.4. The van der Waals surface area contributed by atoms with Gasteiger partial charge in [-0.15, -0.1) is 0 Å². The predicted molar refractivity (Wildman–Crippen MR) is 74.6 cm³/mol. The maximum Gasteiger partial charge on any atom is 0.332 e. The summed E-state index contributed by atoms with van der Waals surface area (Å²) in [6, 6.07) is 0. The van der Waals surface area contributed by atoms with E-state index in [2.05, 4.69) is 4.72 Å². The fourth-order valence-corrected chi connectivity index (χ4v) is 3.60. The van der Waals surface area contributed by atoms with Gasteiger partial charge < -0.3 is 9.84 Å². The lowest BCUT2D eigenvalue weighted by atomic mass is 10.2. The summed E-state index contributed by atoms with van der Waals surface area (Å²) in [5.74, 6) is -0.992. The Labute approximate surface area is 120 Å². The number of aliphatic carboxylic acids is 1. The Bertz CT molecular complexity index is 406. The maximum atomic E-state index is 12.1. The SMILES string of the molecule is CCCN(CCC)S(=O)(=O)NCC1CCC(C(=O)O)O1. The maximum absolute atomic E-state index is 12.1. The number of ether oxygens (including phenoxy) is 1. The van der Waals surface area contributed by atoms with Crippen molar-refractivity contribution in [1.82, 2.24) is 9.03 Å². The van der Waals surface area contributed by atoms with E-state index in [0.717, 1.165) is 12.8 Å². The molecule has 0 aromatic heterocycles. The van der Waals surface area contributed by atoms with Gasteiger partial charge in [-0.1, -0.05) is 13.8 Å². The number of hydrogen-bond donors (Lipinski definition) is 2. The van der Waals surface area contributed by atoms with Gasteiger partial charge in [0.1, 0.15) is 0 Å². The summed E-state index contributed by atoms with van der Waals surface area (Å²) in [5, 5.41) is 8.82. The molecule has 0 aliphatic carbocycles. The van der Waals surface area contributed by atoms with E-state index < -0.39 is 22.3 Å². The van der Waals surface area contributed by atoms with Gasteiger partial charge in [0.25, 0.3) is 10.2 Å². The Morgan fingerprint density at radius 2 is 1.90 bits per heavy atom. The molecule has 118 valence electrons. The van der Waals surface area contributed by atoms with Gasteiger partial charge in [0.05, 0.1) is 6.10 Å². The van der Waals surface area contributed by atoms with E-state index >= 15 is 0 Å². The number of carboxylic acid groups (broad SMARTS) is 1. The van der Waals surface area contributed by atoms with Crippen LogP contribution in [0.1, 0.15) is 39.5 Å². The minimum atomic E-state index is -3.52. The minimum Gasteiger partial charge on any atom is -0.479 e. The number of carbonyl (C=O) groups is 1. The van der Waals surface area contributed by atoms with Crippen molar-refractivity contribution in [2.24, 2.45) is 0 Å². The van der Waals surface area contributed by atoms with E-state index in [4.69, 9.17) is 9.84 Å². The van der Waals surface area contributed by atoms with E-state index in [1.54, 1.807) is 0 Å². The molecule has 20 heavy (non-hydrogen) atoms. The molecule has 1 fully saturated rings. The summed E-state index contributed by atoms with van der Waals surface area (Å²) in [5.41, 5.74) is 0. The Kier molecular flexibility index (Phi) is 6.87. The van der Waals surface area contributed by atoms with Gasteiger partial charge in [0.2, 0.25) is 0 Å². The van der Waals surface area contributed by atoms with Crippen LogP contribution in [0, 0.1) is 0 Å². The lowest BCUT2D eigenvalue weighted by Gasteiger charge is -2.22. The van der Waals surface area contributed by atoms with Crippen LogP contribution in [-0.2, 0) is 19.7 Å². The highest BCUT2D eigenvalue weighted by Crippen LogP contribution is 2.19. The second-order valence-electron chi connectivity index (χ2n) is 4.91. The van der Waals surface area contributed by atoms with Crippen molar-refractivity contribution in [3.05, 3.63) is 0 Å². The van der Waals surface area contributed by atoms with Crippen molar-refractivity contribution in [3.8, 4) is 0 Å². The first-order valence-corrected chi connectivity index (χ1v) is 8.47. The first-order chi connectivity index (χ1) is 9.40.